The van der Waals surface area contributed by atoms with Gasteiger partial charge in [-0.1, -0.05) is 6.92 Å². The first-order valence-corrected chi connectivity index (χ1v) is 10.4. The van der Waals surface area contributed by atoms with Crippen LogP contribution in [0.1, 0.15) is 20.8 Å². The molecule has 24 heavy (non-hydrogen) atoms. The van der Waals surface area contributed by atoms with E-state index in [0.717, 1.165) is 45.4 Å². The minimum absolute atomic E-state index is 0.185. The molecule has 2 aliphatic rings. The van der Waals surface area contributed by atoms with Crippen LogP contribution in [0.2, 0.25) is 0 Å². The minimum atomic E-state index is -3.03. The maximum atomic E-state index is 12.1. The third-order valence-electron chi connectivity index (χ3n) is 4.84. The summed E-state index contributed by atoms with van der Waals surface area (Å²) in [6.45, 7) is 12.3. The Labute approximate surface area is 146 Å². The predicted molar refractivity (Wildman–Crippen MR) is 97.2 cm³/mol. The van der Waals surface area contributed by atoms with Crippen molar-refractivity contribution in [1.82, 2.24) is 15.1 Å². The maximum Gasteiger partial charge on any atom is 0.193 e. The number of ether oxygens (including phenoxy) is 1. The Morgan fingerprint density at radius 1 is 1.29 bits per heavy atom. The zero-order valence-corrected chi connectivity index (χ0v) is 16.2. The molecule has 2 rings (SSSR count). The van der Waals surface area contributed by atoms with E-state index in [2.05, 4.69) is 27.0 Å². The van der Waals surface area contributed by atoms with E-state index < -0.39 is 14.6 Å². The Hall–Kier alpha value is -0.860. The summed E-state index contributed by atoms with van der Waals surface area (Å²) >= 11 is 0. The van der Waals surface area contributed by atoms with Crippen LogP contribution in [0, 0.1) is 5.92 Å². The highest BCUT2D eigenvalue weighted by Gasteiger charge is 2.40. The fourth-order valence-corrected chi connectivity index (χ4v) is 4.58. The first-order valence-electron chi connectivity index (χ1n) is 8.73. The average molecular weight is 361 g/mol. The number of morpholine rings is 1. The molecule has 0 saturated carbocycles. The van der Waals surface area contributed by atoms with Gasteiger partial charge in [0.05, 0.1) is 23.7 Å². The Morgan fingerprint density at radius 3 is 2.54 bits per heavy atom. The number of hydrogen-bond acceptors (Lipinski definition) is 5. The number of guanidine groups is 1. The Bertz CT molecular complexity index is 542. The molecule has 2 aliphatic heterocycles. The predicted octanol–water partition coefficient (Wildman–Crippen LogP) is 0.0391. The summed E-state index contributed by atoms with van der Waals surface area (Å²) in [7, 11) is -1.27. The lowest BCUT2D eigenvalue weighted by molar-refractivity contribution is 0.0320. The molecule has 140 valence electrons. The van der Waals surface area contributed by atoms with Gasteiger partial charge < -0.3 is 15.0 Å². The largest absolute Gasteiger partial charge is 0.379 e. The summed E-state index contributed by atoms with van der Waals surface area (Å²) in [5, 5.41) is 3.42. The molecule has 0 radical (unpaired) electrons. The molecule has 8 heteroatoms. The molecule has 2 heterocycles. The average Bonchev–Trinajstić information content (AvgIpc) is 2.52. The Morgan fingerprint density at radius 2 is 1.96 bits per heavy atom. The monoisotopic (exact) mass is 360 g/mol. The summed E-state index contributed by atoms with van der Waals surface area (Å²) < 4.78 is 28.9. The molecule has 0 aromatic rings. The van der Waals surface area contributed by atoms with E-state index in [4.69, 9.17) is 4.74 Å². The molecular formula is C16H32N4O3S. The van der Waals surface area contributed by atoms with Gasteiger partial charge in [-0.2, -0.15) is 0 Å². The van der Waals surface area contributed by atoms with Crippen LogP contribution in [-0.2, 0) is 14.6 Å². The number of rotatable bonds is 4. The molecule has 2 fully saturated rings. The molecule has 1 N–H and O–H groups in total. The number of nitrogens with zero attached hydrogens (tertiary/aromatic N) is 3. The normalized spacial score (nSPS) is 26.2. The van der Waals surface area contributed by atoms with E-state index in [1.165, 1.54) is 0 Å². The van der Waals surface area contributed by atoms with Crippen molar-refractivity contribution in [1.29, 1.82) is 0 Å². The zero-order valence-electron chi connectivity index (χ0n) is 15.4. The number of hydrogen-bond donors (Lipinski definition) is 1. The van der Waals surface area contributed by atoms with E-state index in [1.807, 2.05) is 0 Å². The van der Waals surface area contributed by atoms with E-state index in [1.54, 1.807) is 20.9 Å². The third kappa shape index (κ3) is 4.83. The van der Waals surface area contributed by atoms with Gasteiger partial charge in [0.1, 0.15) is 0 Å². The second kappa shape index (κ2) is 8.01. The number of sulfone groups is 1. The molecule has 2 saturated heterocycles. The van der Waals surface area contributed by atoms with E-state index in [-0.39, 0.29) is 5.75 Å². The molecule has 0 amide bonds. The fourth-order valence-electron chi connectivity index (χ4n) is 3.21. The highest BCUT2D eigenvalue weighted by molar-refractivity contribution is 7.92. The van der Waals surface area contributed by atoms with Gasteiger partial charge in [0.2, 0.25) is 0 Å². The van der Waals surface area contributed by atoms with E-state index >= 15 is 0 Å². The smallest absolute Gasteiger partial charge is 0.193 e. The maximum absolute atomic E-state index is 12.1. The first-order chi connectivity index (χ1) is 11.2. The quantitative estimate of drug-likeness (QED) is 0.564. The van der Waals surface area contributed by atoms with Crippen LogP contribution in [0.4, 0.5) is 0 Å². The zero-order chi connectivity index (χ0) is 17.8. The van der Waals surface area contributed by atoms with Crippen molar-refractivity contribution in [2.24, 2.45) is 10.9 Å². The SMILES string of the molecule is CN=C(NCC(C)CN1CCOCC1)N1CCS(=O)(=O)C(C)(C)C1. The van der Waals surface area contributed by atoms with Crippen molar-refractivity contribution < 1.29 is 13.2 Å². The van der Waals surface area contributed by atoms with Crippen LogP contribution in [0.3, 0.4) is 0 Å². The summed E-state index contributed by atoms with van der Waals surface area (Å²) in [5.74, 6) is 1.47. The Kier molecular flexibility index (Phi) is 6.50. The van der Waals surface area contributed by atoms with Crippen molar-refractivity contribution >= 4 is 15.8 Å². The Balaban J connectivity index is 1.84. The van der Waals surface area contributed by atoms with Crippen molar-refractivity contribution in [3.05, 3.63) is 0 Å². The lowest BCUT2D eigenvalue weighted by atomic mass is 10.1. The first kappa shape index (κ1) is 19.5. The highest BCUT2D eigenvalue weighted by atomic mass is 32.2. The van der Waals surface area contributed by atoms with Crippen molar-refractivity contribution in [2.45, 2.75) is 25.5 Å². The molecule has 0 spiro atoms. The molecule has 7 nitrogen and oxygen atoms in total. The van der Waals surface area contributed by atoms with Gasteiger partial charge in [0.25, 0.3) is 0 Å². The van der Waals surface area contributed by atoms with Crippen molar-refractivity contribution in [2.75, 3.05) is 65.3 Å². The van der Waals surface area contributed by atoms with E-state index in [9.17, 15) is 8.42 Å². The van der Waals surface area contributed by atoms with Crippen LogP contribution in [-0.4, -0.2) is 94.2 Å². The third-order valence-corrected chi connectivity index (χ3v) is 7.37. The van der Waals surface area contributed by atoms with Crippen LogP contribution >= 0.6 is 0 Å². The lowest BCUT2D eigenvalue weighted by Gasteiger charge is -2.39. The number of aliphatic imine (C=N–C) groups is 1. The molecule has 1 unspecified atom stereocenters. The summed E-state index contributed by atoms with van der Waals surface area (Å²) in [6.07, 6.45) is 0. The molecule has 1 atom stereocenters. The van der Waals surface area contributed by atoms with Crippen molar-refractivity contribution in [3.8, 4) is 0 Å². The van der Waals surface area contributed by atoms with Crippen LogP contribution < -0.4 is 5.32 Å². The molecule has 0 bridgehead atoms. The van der Waals surface area contributed by atoms with Gasteiger partial charge in [-0.3, -0.25) is 9.89 Å². The molecule has 0 aliphatic carbocycles. The second-order valence-electron chi connectivity index (χ2n) is 7.45. The van der Waals surface area contributed by atoms with Crippen molar-refractivity contribution in [3.63, 3.8) is 0 Å². The van der Waals surface area contributed by atoms with Crippen LogP contribution in [0.25, 0.3) is 0 Å². The van der Waals surface area contributed by atoms with Crippen LogP contribution in [0.15, 0.2) is 4.99 Å². The second-order valence-corrected chi connectivity index (χ2v) is 10.2. The molecule has 0 aromatic heterocycles. The minimum Gasteiger partial charge on any atom is -0.379 e. The summed E-state index contributed by atoms with van der Waals surface area (Å²) in [6, 6.07) is 0. The van der Waals surface area contributed by atoms with Gasteiger partial charge in [-0.15, -0.1) is 0 Å². The van der Waals surface area contributed by atoms with Crippen LogP contribution in [0.5, 0.6) is 0 Å². The molecule has 0 aromatic carbocycles. The standard InChI is InChI=1S/C16H32N4O3S/c1-14(12-19-5-8-23-9-6-19)11-18-15(17-4)20-7-10-24(21,22)16(2,3)13-20/h14H,5-13H2,1-4H3,(H,17,18). The van der Waals surface area contributed by atoms with Gasteiger partial charge in [-0.05, 0) is 19.8 Å². The highest BCUT2D eigenvalue weighted by Crippen LogP contribution is 2.23. The van der Waals surface area contributed by atoms with Gasteiger partial charge in [0, 0.05) is 46.3 Å². The van der Waals surface area contributed by atoms with Gasteiger partial charge >= 0.3 is 0 Å². The number of nitrogens with one attached hydrogen (secondary N) is 1. The lowest BCUT2D eigenvalue weighted by Crippen LogP contribution is -2.57. The van der Waals surface area contributed by atoms with Gasteiger partial charge in [-0.25, -0.2) is 8.42 Å². The molecular weight excluding hydrogens is 328 g/mol. The summed E-state index contributed by atoms with van der Waals surface area (Å²) in [4.78, 5) is 8.83. The topological polar surface area (TPSA) is 74.2 Å². The summed E-state index contributed by atoms with van der Waals surface area (Å²) in [5.41, 5.74) is 0. The van der Waals surface area contributed by atoms with Gasteiger partial charge in [0.15, 0.2) is 15.8 Å². The fraction of sp³-hybridized carbons (Fsp3) is 0.938. The van der Waals surface area contributed by atoms with E-state index in [0.29, 0.717) is 19.0 Å².